The summed E-state index contributed by atoms with van der Waals surface area (Å²) in [5, 5.41) is 12.2. The van der Waals surface area contributed by atoms with Crippen molar-refractivity contribution in [2.75, 3.05) is 0 Å². The van der Waals surface area contributed by atoms with Crippen LogP contribution in [0, 0.1) is 6.92 Å². The number of aromatic nitrogens is 4. The van der Waals surface area contributed by atoms with Crippen molar-refractivity contribution < 1.29 is 17.9 Å². The van der Waals surface area contributed by atoms with Gasteiger partial charge >= 0.3 is 6.61 Å². The molecule has 0 radical (unpaired) electrons. The van der Waals surface area contributed by atoms with Gasteiger partial charge in [0.15, 0.2) is 5.69 Å². The Labute approximate surface area is 138 Å². The number of rotatable bonds is 4. The highest BCUT2D eigenvalue weighted by atomic mass is 79.9. The first-order valence-electron chi connectivity index (χ1n) is 6.54. The van der Waals surface area contributed by atoms with Crippen molar-refractivity contribution in [3.63, 3.8) is 0 Å². The Morgan fingerprint density at radius 2 is 1.83 bits per heavy atom. The van der Waals surface area contributed by atoms with Gasteiger partial charge in [-0.2, -0.15) is 13.9 Å². The molecule has 120 valence electrons. The lowest BCUT2D eigenvalue weighted by Gasteiger charge is -2.03. The van der Waals surface area contributed by atoms with E-state index in [1.807, 2.05) is 14.0 Å². The van der Waals surface area contributed by atoms with Crippen LogP contribution < -0.4 is 4.74 Å². The van der Waals surface area contributed by atoms with Crippen molar-refractivity contribution in [3.05, 3.63) is 34.4 Å². The Morgan fingerprint density at radius 3 is 2.39 bits per heavy atom. The molecule has 0 aliphatic carbocycles. The fourth-order valence-corrected chi connectivity index (χ4v) is 2.44. The third-order valence-electron chi connectivity index (χ3n) is 3.21. The molecule has 3 rings (SSSR count). The molecule has 0 N–H and O–H groups in total. The van der Waals surface area contributed by atoms with Crippen LogP contribution in [-0.4, -0.2) is 26.6 Å². The molecule has 2 aromatic heterocycles. The molecular formula is C14H11BrF2N4O2. The third kappa shape index (κ3) is 3.09. The zero-order valence-electron chi connectivity index (χ0n) is 12.1. The summed E-state index contributed by atoms with van der Waals surface area (Å²) in [6.45, 7) is -0.958. The zero-order valence-corrected chi connectivity index (χ0v) is 13.7. The summed E-state index contributed by atoms with van der Waals surface area (Å²) in [5.74, 6) is 0.592. The number of hydrogen-bond donors (Lipinski definition) is 0. The van der Waals surface area contributed by atoms with E-state index in [2.05, 4.69) is 36.0 Å². The van der Waals surface area contributed by atoms with E-state index < -0.39 is 6.61 Å². The van der Waals surface area contributed by atoms with Gasteiger partial charge in [-0.05, 0) is 47.1 Å². The van der Waals surface area contributed by atoms with Gasteiger partial charge in [-0.3, -0.25) is 4.68 Å². The summed E-state index contributed by atoms with van der Waals surface area (Å²) in [6, 6.07) is 5.94. The average molecular weight is 385 g/mol. The highest BCUT2D eigenvalue weighted by Gasteiger charge is 2.19. The van der Waals surface area contributed by atoms with Gasteiger partial charge in [0.05, 0.1) is 10.2 Å². The van der Waals surface area contributed by atoms with Crippen molar-refractivity contribution in [2.45, 2.75) is 13.5 Å². The van der Waals surface area contributed by atoms with Crippen LogP contribution in [0.5, 0.6) is 5.75 Å². The Hall–Kier alpha value is -2.29. The molecule has 0 unspecified atom stereocenters. The van der Waals surface area contributed by atoms with Crippen LogP contribution in [0.2, 0.25) is 0 Å². The summed E-state index contributed by atoms with van der Waals surface area (Å²) in [5.41, 5.74) is 2.06. The number of hydrogen-bond acceptors (Lipinski definition) is 5. The fraction of sp³-hybridized carbons (Fsp3) is 0.214. The first-order valence-corrected chi connectivity index (χ1v) is 7.33. The van der Waals surface area contributed by atoms with Crippen LogP contribution in [0.3, 0.4) is 0 Å². The molecular weight excluding hydrogens is 374 g/mol. The zero-order chi connectivity index (χ0) is 16.6. The number of nitrogens with zero attached hydrogens (tertiary/aromatic N) is 4. The molecule has 0 atom stereocenters. The number of benzene rings is 1. The molecule has 3 aromatic rings. The maximum Gasteiger partial charge on any atom is 0.387 e. The third-order valence-corrected chi connectivity index (χ3v) is 4.16. The Bertz CT molecular complexity index is 830. The van der Waals surface area contributed by atoms with Gasteiger partial charge in [-0.15, -0.1) is 10.2 Å². The number of alkyl halides is 2. The summed E-state index contributed by atoms with van der Waals surface area (Å²) >= 11 is 3.44. The molecule has 0 saturated heterocycles. The molecule has 0 spiro atoms. The quantitative estimate of drug-likeness (QED) is 0.684. The van der Waals surface area contributed by atoms with Crippen molar-refractivity contribution in [1.82, 2.24) is 20.0 Å². The van der Waals surface area contributed by atoms with Gasteiger partial charge in [-0.25, -0.2) is 0 Å². The highest BCUT2D eigenvalue weighted by molar-refractivity contribution is 9.10. The van der Waals surface area contributed by atoms with E-state index in [0.717, 1.165) is 10.2 Å². The predicted octanol–water partition coefficient (Wildman–Crippen LogP) is 3.81. The van der Waals surface area contributed by atoms with Crippen LogP contribution in [-0.2, 0) is 7.05 Å². The molecule has 0 aliphatic heterocycles. The molecule has 0 bridgehead atoms. The molecule has 0 fully saturated rings. The minimum Gasteiger partial charge on any atom is -0.435 e. The van der Waals surface area contributed by atoms with Crippen molar-refractivity contribution in [3.8, 4) is 28.8 Å². The molecule has 2 heterocycles. The minimum absolute atomic E-state index is 0.0617. The van der Waals surface area contributed by atoms with Crippen LogP contribution in [0.25, 0.3) is 23.0 Å². The molecule has 0 aliphatic rings. The average Bonchev–Trinajstić information content (AvgIpc) is 3.09. The standard InChI is InChI=1S/C14H11BrF2N4O2/c1-7-10(15)11(20-21(7)2)13-19-18-12(23-13)8-3-5-9(6-4-8)22-14(16)17/h3-6,14H,1-2H3. The Balaban J connectivity index is 1.88. The molecule has 23 heavy (non-hydrogen) atoms. The predicted molar refractivity (Wildman–Crippen MR) is 81.0 cm³/mol. The number of aryl methyl sites for hydroxylation is 1. The van der Waals surface area contributed by atoms with E-state index in [-0.39, 0.29) is 17.5 Å². The van der Waals surface area contributed by atoms with Gasteiger partial charge in [0.25, 0.3) is 5.89 Å². The maximum atomic E-state index is 12.1. The van der Waals surface area contributed by atoms with Crippen molar-refractivity contribution >= 4 is 15.9 Å². The molecule has 1 aromatic carbocycles. The second-order valence-corrected chi connectivity index (χ2v) is 5.48. The molecule has 6 nitrogen and oxygen atoms in total. The van der Waals surface area contributed by atoms with Crippen LogP contribution in [0.1, 0.15) is 5.69 Å². The van der Waals surface area contributed by atoms with Gasteiger partial charge in [0, 0.05) is 12.6 Å². The van der Waals surface area contributed by atoms with E-state index in [4.69, 9.17) is 4.42 Å². The largest absolute Gasteiger partial charge is 0.435 e. The molecule has 0 amide bonds. The topological polar surface area (TPSA) is 66.0 Å². The van der Waals surface area contributed by atoms with E-state index >= 15 is 0 Å². The Kier molecular flexibility index (Phi) is 4.12. The second kappa shape index (κ2) is 6.07. The lowest BCUT2D eigenvalue weighted by Crippen LogP contribution is -2.01. The summed E-state index contributed by atoms with van der Waals surface area (Å²) in [6.07, 6.45) is 0. The van der Waals surface area contributed by atoms with E-state index in [1.165, 1.54) is 12.1 Å². The monoisotopic (exact) mass is 384 g/mol. The lowest BCUT2D eigenvalue weighted by molar-refractivity contribution is -0.0498. The number of halogens is 3. The van der Waals surface area contributed by atoms with Crippen LogP contribution in [0.15, 0.2) is 33.2 Å². The van der Waals surface area contributed by atoms with Crippen LogP contribution in [0.4, 0.5) is 8.78 Å². The smallest absolute Gasteiger partial charge is 0.387 e. The fourth-order valence-electron chi connectivity index (χ4n) is 1.93. The SMILES string of the molecule is Cc1c(Br)c(-c2nnc(-c3ccc(OC(F)F)cc3)o2)nn1C. The van der Waals surface area contributed by atoms with E-state index in [1.54, 1.807) is 16.8 Å². The second-order valence-electron chi connectivity index (χ2n) is 4.69. The molecule has 0 saturated carbocycles. The summed E-state index contributed by atoms with van der Waals surface area (Å²) in [7, 11) is 1.81. The normalized spacial score (nSPS) is 11.2. The molecule has 9 heteroatoms. The maximum absolute atomic E-state index is 12.1. The van der Waals surface area contributed by atoms with Gasteiger partial charge in [-0.1, -0.05) is 0 Å². The number of ether oxygens (including phenoxy) is 1. The first kappa shape index (κ1) is 15.6. The van der Waals surface area contributed by atoms with Crippen molar-refractivity contribution in [2.24, 2.45) is 7.05 Å². The van der Waals surface area contributed by atoms with E-state index in [0.29, 0.717) is 11.3 Å². The van der Waals surface area contributed by atoms with Crippen molar-refractivity contribution in [1.29, 1.82) is 0 Å². The first-order chi connectivity index (χ1) is 11.0. The summed E-state index contributed by atoms with van der Waals surface area (Å²) in [4.78, 5) is 0. The van der Waals surface area contributed by atoms with E-state index in [9.17, 15) is 8.78 Å². The van der Waals surface area contributed by atoms with Gasteiger partial charge in [0.1, 0.15) is 5.75 Å². The Morgan fingerprint density at radius 1 is 1.17 bits per heavy atom. The summed E-state index contributed by atoms with van der Waals surface area (Å²) < 4.78 is 36.6. The lowest BCUT2D eigenvalue weighted by atomic mass is 10.2. The minimum atomic E-state index is -2.86. The van der Waals surface area contributed by atoms with Gasteiger partial charge in [0.2, 0.25) is 5.89 Å². The van der Waals surface area contributed by atoms with Gasteiger partial charge < -0.3 is 9.15 Å². The van der Waals surface area contributed by atoms with Crippen LogP contribution >= 0.6 is 15.9 Å². The highest BCUT2D eigenvalue weighted by Crippen LogP contribution is 2.31.